The van der Waals surface area contributed by atoms with Crippen molar-refractivity contribution in [2.24, 2.45) is 5.41 Å². The molecule has 0 aromatic heterocycles. The van der Waals surface area contributed by atoms with Gasteiger partial charge in [0.1, 0.15) is 5.75 Å². The molecule has 0 aliphatic heterocycles. The van der Waals surface area contributed by atoms with Crippen molar-refractivity contribution in [1.82, 2.24) is 0 Å². The predicted molar refractivity (Wildman–Crippen MR) is 72.9 cm³/mol. The van der Waals surface area contributed by atoms with Gasteiger partial charge in [0.25, 0.3) is 0 Å². The molecule has 0 aliphatic carbocycles. The summed E-state index contributed by atoms with van der Waals surface area (Å²) in [6, 6.07) is 9.53. The minimum atomic E-state index is -0.995. The van der Waals surface area contributed by atoms with Crippen molar-refractivity contribution in [2.75, 3.05) is 12.9 Å². The predicted octanol–water partition coefficient (Wildman–Crippen LogP) is 3.13. The zero-order chi connectivity index (χ0) is 13.6. The van der Waals surface area contributed by atoms with Gasteiger partial charge in [-0.2, -0.15) is 5.26 Å². The second-order valence-electron chi connectivity index (χ2n) is 4.82. The minimum absolute atomic E-state index is 0.329. The molecule has 0 saturated heterocycles. The van der Waals surface area contributed by atoms with Crippen molar-refractivity contribution in [2.45, 2.75) is 31.6 Å². The lowest BCUT2D eigenvalue weighted by Gasteiger charge is -2.14. The first-order valence-electron chi connectivity index (χ1n) is 5.92. The maximum atomic E-state index is 12.0. The zero-order valence-electron chi connectivity index (χ0n) is 11.1. The minimum Gasteiger partial charge on any atom is -0.497 e. The number of hydrogen-bond acceptors (Lipinski definition) is 3. The van der Waals surface area contributed by atoms with Crippen LogP contribution in [0.3, 0.4) is 0 Å². The van der Waals surface area contributed by atoms with Crippen molar-refractivity contribution in [1.29, 1.82) is 5.26 Å². The molecule has 1 unspecified atom stereocenters. The van der Waals surface area contributed by atoms with Crippen LogP contribution in [0.4, 0.5) is 0 Å². The van der Waals surface area contributed by atoms with Gasteiger partial charge < -0.3 is 4.74 Å². The van der Waals surface area contributed by atoms with E-state index in [1.807, 2.05) is 38.1 Å². The third-order valence-corrected chi connectivity index (χ3v) is 4.21. The number of rotatable bonds is 6. The van der Waals surface area contributed by atoms with Gasteiger partial charge in [0.15, 0.2) is 0 Å². The van der Waals surface area contributed by atoms with Gasteiger partial charge in [-0.3, -0.25) is 4.21 Å². The summed E-state index contributed by atoms with van der Waals surface area (Å²) in [5.74, 6) is 1.36. The topological polar surface area (TPSA) is 50.1 Å². The van der Waals surface area contributed by atoms with Crippen molar-refractivity contribution in [3.8, 4) is 11.8 Å². The van der Waals surface area contributed by atoms with Crippen LogP contribution in [0.1, 0.15) is 26.7 Å². The third kappa shape index (κ3) is 4.50. The molecular formula is C14H19NO2S. The summed E-state index contributed by atoms with van der Waals surface area (Å²) in [5, 5.41) is 8.89. The molecule has 1 rings (SSSR count). The van der Waals surface area contributed by atoms with E-state index in [1.165, 1.54) is 0 Å². The highest BCUT2D eigenvalue weighted by atomic mass is 32.2. The standard InChI is InChI=1S/C14H19NO2S/c1-14(2,11-15)9-4-10-18(16)13-7-5-12(17-3)6-8-13/h5-8H,4,9-10H2,1-3H3. The van der Waals surface area contributed by atoms with E-state index in [0.29, 0.717) is 5.75 Å². The Labute approximate surface area is 111 Å². The van der Waals surface area contributed by atoms with E-state index in [1.54, 1.807) is 7.11 Å². The second-order valence-corrected chi connectivity index (χ2v) is 6.40. The summed E-state index contributed by atoms with van der Waals surface area (Å²) in [7, 11) is 0.612. The summed E-state index contributed by atoms with van der Waals surface area (Å²) in [6.45, 7) is 3.81. The molecule has 0 aliphatic rings. The Morgan fingerprint density at radius 1 is 1.33 bits per heavy atom. The Morgan fingerprint density at radius 3 is 2.44 bits per heavy atom. The second kappa shape index (κ2) is 6.55. The van der Waals surface area contributed by atoms with E-state index in [9.17, 15) is 4.21 Å². The van der Waals surface area contributed by atoms with Crippen LogP contribution in [0.2, 0.25) is 0 Å². The van der Waals surface area contributed by atoms with Crippen molar-refractivity contribution in [3.63, 3.8) is 0 Å². The lowest BCUT2D eigenvalue weighted by atomic mass is 9.90. The normalized spacial score (nSPS) is 12.8. The molecule has 0 bridgehead atoms. The Kier molecular flexibility index (Phi) is 5.36. The van der Waals surface area contributed by atoms with E-state index in [4.69, 9.17) is 10.00 Å². The van der Waals surface area contributed by atoms with Crippen LogP contribution in [0, 0.1) is 16.7 Å². The Balaban J connectivity index is 2.48. The molecular weight excluding hydrogens is 246 g/mol. The molecule has 18 heavy (non-hydrogen) atoms. The number of benzene rings is 1. The average molecular weight is 265 g/mol. The first kappa shape index (κ1) is 14.7. The highest BCUT2D eigenvalue weighted by molar-refractivity contribution is 7.85. The van der Waals surface area contributed by atoms with Gasteiger partial charge in [-0.25, -0.2) is 0 Å². The summed E-state index contributed by atoms with van der Waals surface area (Å²) in [4.78, 5) is 0.811. The maximum Gasteiger partial charge on any atom is 0.118 e. The summed E-state index contributed by atoms with van der Waals surface area (Å²) < 4.78 is 17.1. The lowest BCUT2D eigenvalue weighted by molar-refractivity contribution is 0.414. The Hall–Kier alpha value is -1.34. The molecule has 1 aromatic carbocycles. The van der Waals surface area contributed by atoms with Crippen LogP contribution in [-0.4, -0.2) is 17.1 Å². The molecule has 3 nitrogen and oxygen atoms in total. The summed E-state index contributed by atoms with van der Waals surface area (Å²) in [6.07, 6.45) is 1.56. The van der Waals surface area contributed by atoms with E-state index in [-0.39, 0.29) is 5.41 Å². The molecule has 1 aromatic rings. The maximum absolute atomic E-state index is 12.0. The largest absolute Gasteiger partial charge is 0.497 e. The smallest absolute Gasteiger partial charge is 0.118 e. The number of ether oxygens (including phenoxy) is 1. The SMILES string of the molecule is COc1ccc(S(=O)CCCC(C)(C)C#N)cc1. The van der Waals surface area contributed by atoms with Gasteiger partial charge in [0, 0.05) is 10.6 Å². The van der Waals surface area contributed by atoms with Gasteiger partial charge in [-0.05, 0) is 51.0 Å². The van der Waals surface area contributed by atoms with Crippen molar-refractivity contribution >= 4 is 10.8 Å². The number of hydrogen-bond donors (Lipinski definition) is 0. The summed E-state index contributed by atoms with van der Waals surface area (Å²) in [5.41, 5.74) is -0.329. The Bertz CT molecular complexity index is 446. The Morgan fingerprint density at radius 2 is 1.94 bits per heavy atom. The molecule has 0 fully saturated rings. The average Bonchev–Trinajstić information content (AvgIpc) is 2.38. The lowest BCUT2D eigenvalue weighted by Crippen LogP contribution is -2.09. The van der Waals surface area contributed by atoms with Crippen LogP contribution in [0.15, 0.2) is 29.2 Å². The van der Waals surface area contributed by atoms with E-state index in [2.05, 4.69) is 6.07 Å². The van der Waals surface area contributed by atoms with Gasteiger partial charge in [-0.15, -0.1) is 0 Å². The fourth-order valence-electron chi connectivity index (χ4n) is 1.55. The molecule has 4 heteroatoms. The van der Waals surface area contributed by atoms with Gasteiger partial charge in [0.05, 0.1) is 29.4 Å². The van der Waals surface area contributed by atoms with Gasteiger partial charge in [-0.1, -0.05) is 0 Å². The van der Waals surface area contributed by atoms with Crippen LogP contribution < -0.4 is 4.74 Å². The quantitative estimate of drug-likeness (QED) is 0.794. The van der Waals surface area contributed by atoms with Crippen LogP contribution in [0.5, 0.6) is 5.75 Å². The van der Waals surface area contributed by atoms with Gasteiger partial charge in [0.2, 0.25) is 0 Å². The fourth-order valence-corrected chi connectivity index (χ4v) is 2.63. The fraction of sp³-hybridized carbons (Fsp3) is 0.500. The molecule has 0 amide bonds. The van der Waals surface area contributed by atoms with E-state index < -0.39 is 10.8 Å². The molecule has 0 saturated carbocycles. The number of nitriles is 1. The monoisotopic (exact) mass is 265 g/mol. The molecule has 0 radical (unpaired) electrons. The highest BCUT2D eigenvalue weighted by Crippen LogP contribution is 2.22. The van der Waals surface area contributed by atoms with E-state index in [0.717, 1.165) is 23.5 Å². The molecule has 0 spiro atoms. The van der Waals surface area contributed by atoms with Crippen molar-refractivity contribution < 1.29 is 8.95 Å². The molecule has 98 valence electrons. The van der Waals surface area contributed by atoms with Crippen LogP contribution in [-0.2, 0) is 10.8 Å². The van der Waals surface area contributed by atoms with Crippen LogP contribution >= 0.6 is 0 Å². The van der Waals surface area contributed by atoms with Gasteiger partial charge >= 0.3 is 0 Å². The molecule has 0 heterocycles. The zero-order valence-corrected chi connectivity index (χ0v) is 11.9. The van der Waals surface area contributed by atoms with Crippen LogP contribution in [0.25, 0.3) is 0 Å². The van der Waals surface area contributed by atoms with Crippen molar-refractivity contribution in [3.05, 3.63) is 24.3 Å². The third-order valence-electron chi connectivity index (χ3n) is 2.76. The summed E-state index contributed by atoms with van der Waals surface area (Å²) >= 11 is 0. The molecule has 0 N–H and O–H groups in total. The first-order valence-corrected chi connectivity index (χ1v) is 7.24. The first-order chi connectivity index (χ1) is 8.48. The number of methoxy groups -OCH3 is 1. The molecule has 1 atom stereocenters. The highest BCUT2D eigenvalue weighted by Gasteiger charge is 2.16. The number of nitrogens with zero attached hydrogens (tertiary/aromatic N) is 1. The van der Waals surface area contributed by atoms with E-state index >= 15 is 0 Å².